The minimum Gasteiger partial charge on any atom is -0.356 e. The average molecular weight is 324 g/mol. The monoisotopic (exact) mass is 324 g/mol. The first-order valence-electron chi connectivity index (χ1n) is 7.18. The van der Waals surface area contributed by atoms with Gasteiger partial charge in [0.2, 0.25) is 0 Å². The van der Waals surface area contributed by atoms with Gasteiger partial charge < -0.3 is 20.2 Å². The van der Waals surface area contributed by atoms with Crippen LogP contribution in [0, 0.1) is 22.7 Å². The van der Waals surface area contributed by atoms with Crippen LogP contribution in [0.25, 0.3) is 0 Å². The van der Waals surface area contributed by atoms with E-state index in [0.717, 1.165) is 0 Å². The third-order valence-corrected chi connectivity index (χ3v) is 3.64. The summed E-state index contributed by atoms with van der Waals surface area (Å²) in [4.78, 5) is 31.2. The molecule has 0 saturated carbocycles. The predicted molar refractivity (Wildman–Crippen MR) is 84.9 cm³/mol. The van der Waals surface area contributed by atoms with Crippen LogP contribution in [0.1, 0.15) is 39.0 Å². The number of nitrogens with zero attached hydrogens (tertiary/aromatic N) is 3. The van der Waals surface area contributed by atoms with Crippen LogP contribution in [0.2, 0.25) is 0 Å². The number of nitrogens with one attached hydrogen (secondary N) is 3. The molecule has 24 heavy (non-hydrogen) atoms. The van der Waals surface area contributed by atoms with E-state index in [1.54, 1.807) is 14.0 Å². The van der Waals surface area contributed by atoms with Crippen LogP contribution in [0.3, 0.4) is 0 Å². The molecule has 0 aliphatic carbocycles. The highest BCUT2D eigenvalue weighted by molar-refractivity contribution is 5.94. The van der Waals surface area contributed by atoms with Crippen molar-refractivity contribution in [3.05, 3.63) is 47.0 Å². The van der Waals surface area contributed by atoms with Gasteiger partial charge in [-0.05, 0) is 19.1 Å². The number of aromatic nitrogens is 2. The van der Waals surface area contributed by atoms with E-state index < -0.39 is 0 Å². The predicted octanol–water partition coefficient (Wildman–Crippen LogP) is 0.977. The fourth-order valence-electron chi connectivity index (χ4n) is 2.04. The summed E-state index contributed by atoms with van der Waals surface area (Å²) in [5.74, 6) is -0.624. The van der Waals surface area contributed by atoms with E-state index in [1.807, 2.05) is 12.1 Å². The van der Waals surface area contributed by atoms with E-state index in [0.29, 0.717) is 16.8 Å². The van der Waals surface area contributed by atoms with Crippen LogP contribution in [0.5, 0.6) is 0 Å². The summed E-state index contributed by atoms with van der Waals surface area (Å²) in [6.07, 6.45) is 2.91. The van der Waals surface area contributed by atoms with Crippen molar-refractivity contribution in [2.24, 2.45) is 0 Å². The molecule has 0 bridgehead atoms. The number of carbonyl (C=O) groups excluding carboxylic acids is 2. The van der Waals surface area contributed by atoms with Crippen molar-refractivity contribution in [2.75, 3.05) is 13.6 Å². The molecule has 2 rings (SSSR count). The lowest BCUT2D eigenvalue weighted by molar-refractivity contribution is 0.0726. The van der Waals surface area contributed by atoms with Gasteiger partial charge >= 0.3 is 0 Å². The van der Waals surface area contributed by atoms with Gasteiger partial charge in [0.15, 0.2) is 0 Å². The summed E-state index contributed by atoms with van der Waals surface area (Å²) < 4.78 is 0. The fraction of sp³-hybridized carbons (Fsp3) is 0.250. The molecule has 0 fully saturated rings. The first-order valence-corrected chi connectivity index (χ1v) is 7.18. The van der Waals surface area contributed by atoms with Crippen LogP contribution in [0.15, 0.2) is 24.5 Å². The van der Waals surface area contributed by atoms with E-state index in [1.165, 1.54) is 29.4 Å². The lowest BCUT2D eigenvalue weighted by Gasteiger charge is -2.24. The molecule has 0 spiro atoms. The minimum absolute atomic E-state index is 0.244. The summed E-state index contributed by atoms with van der Waals surface area (Å²) >= 11 is 0. The summed E-state index contributed by atoms with van der Waals surface area (Å²) in [6, 6.07) is 6.56. The van der Waals surface area contributed by atoms with Gasteiger partial charge in [0.05, 0.1) is 11.1 Å². The molecule has 2 aromatic heterocycles. The van der Waals surface area contributed by atoms with Gasteiger partial charge in [-0.25, -0.2) is 0 Å². The van der Waals surface area contributed by atoms with Gasteiger partial charge in [0.1, 0.15) is 23.5 Å². The van der Waals surface area contributed by atoms with E-state index in [2.05, 4.69) is 15.3 Å². The Morgan fingerprint density at radius 2 is 1.71 bits per heavy atom. The Labute approximate surface area is 138 Å². The zero-order valence-electron chi connectivity index (χ0n) is 13.3. The van der Waals surface area contributed by atoms with Crippen molar-refractivity contribution in [1.29, 1.82) is 10.5 Å². The second-order valence-corrected chi connectivity index (χ2v) is 5.30. The molecule has 3 N–H and O–H groups in total. The molecule has 8 nitrogen and oxygen atoms in total. The van der Waals surface area contributed by atoms with Crippen LogP contribution < -0.4 is 5.32 Å². The lowest BCUT2D eigenvalue weighted by Crippen LogP contribution is -2.43. The molecule has 1 atom stereocenters. The second-order valence-electron chi connectivity index (χ2n) is 5.30. The maximum absolute atomic E-state index is 12.3. The van der Waals surface area contributed by atoms with Crippen molar-refractivity contribution in [3.8, 4) is 12.1 Å². The van der Waals surface area contributed by atoms with Crippen LogP contribution >= 0.6 is 0 Å². The standard InChI is InChI=1S/C16H16N6O2/c1-10(7-21-15(23)13-3-11(5-17)8-19-13)22(2)16(24)14-4-12(6-18)9-20-14/h3-4,8-10,19-20H,7H2,1-2H3,(H,21,23)/t10-/m1/s1. The third-order valence-electron chi connectivity index (χ3n) is 3.64. The van der Waals surface area contributed by atoms with Gasteiger partial charge in [0.25, 0.3) is 11.8 Å². The van der Waals surface area contributed by atoms with E-state index in [9.17, 15) is 9.59 Å². The Balaban J connectivity index is 1.92. The molecule has 2 aromatic rings. The highest BCUT2D eigenvalue weighted by atomic mass is 16.2. The van der Waals surface area contributed by atoms with Crippen LogP contribution in [-0.2, 0) is 0 Å². The topological polar surface area (TPSA) is 129 Å². The number of carbonyl (C=O) groups is 2. The zero-order chi connectivity index (χ0) is 17.7. The van der Waals surface area contributed by atoms with Crippen molar-refractivity contribution in [1.82, 2.24) is 20.2 Å². The van der Waals surface area contributed by atoms with Gasteiger partial charge in [0, 0.05) is 32.0 Å². The number of amides is 2. The van der Waals surface area contributed by atoms with Gasteiger partial charge in [-0.1, -0.05) is 0 Å². The number of nitriles is 2. The third kappa shape index (κ3) is 3.62. The Morgan fingerprint density at radius 1 is 1.17 bits per heavy atom. The molecule has 0 aliphatic heterocycles. The Kier molecular flexibility index (Phi) is 5.03. The average Bonchev–Trinajstić information content (AvgIpc) is 3.26. The molecule has 0 saturated heterocycles. The molecule has 0 aliphatic rings. The number of hydrogen-bond acceptors (Lipinski definition) is 4. The summed E-state index contributed by atoms with van der Waals surface area (Å²) in [5.41, 5.74) is 1.36. The molecule has 0 radical (unpaired) electrons. The summed E-state index contributed by atoms with van der Waals surface area (Å²) in [6.45, 7) is 2.04. The van der Waals surface area contributed by atoms with Gasteiger partial charge in [-0.3, -0.25) is 9.59 Å². The number of aromatic amines is 2. The Hall–Kier alpha value is -3.52. The summed E-state index contributed by atoms with van der Waals surface area (Å²) in [7, 11) is 1.62. The molecule has 2 amide bonds. The largest absolute Gasteiger partial charge is 0.356 e. The fourth-order valence-corrected chi connectivity index (χ4v) is 2.04. The van der Waals surface area contributed by atoms with Crippen molar-refractivity contribution >= 4 is 11.8 Å². The first kappa shape index (κ1) is 16.8. The SMILES string of the molecule is C[C@H](CNC(=O)c1cc(C#N)c[nH]1)N(C)C(=O)c1cc(C#N)c[nH]1. The normalized spacial score (nSPS) is 11.2. The second kappa shape index (κ2) is 7.16. The zero-order valence-corrected chi connectivity index (χ0v) is 13.3. The molecule has 0 aromatic carbocycles. The molecule has 122 valence electrons. The highest BCUT2D eigenvalue weighted by Gasteiger charge is 2.20. The number of rotatable bonds is 5. The minimum atomic E-state index is -0.351. The molecule has 2 heterocycles. The maximum Gasteiger partial charge on any atom is 0.270 e. The Morgan fingerprint density at radius 3 is 2.25 bits per heavy atom. The molecular formula is C16H16N6O2. The van der Waals surface area contributed by atoms with Gasteiger partial charge in [-0.15, -0.1) is 0 Å². The van der Waals surface area contributed by atoms with Crippen molar-refractivity contribution < 1.29 is 9.59 Å². The molecule has 0 unspecified atom stereocenters. The van der Waals surface area contributed by atoms with Gasteiger partial charge in [-0.2, -0.15) is 10.5 Å². The van der Waals surface area contributed by atoms with Crippen molar-refractivity contribution in [3.63, 3.8) is 0 Å². The lowest BCUT2D eigenvalue weighted by atomic mass is 10.2. The summed E-state index contributed by atoms with van der Waals surface area (Å²) in [5, 5.41) is 20.2. The Bertz CT molecular complexity index is 835. The molecule has 8 heteroatoms. The van der Waals surface area contributed by atoms with Crippen molar-refractivity contribution in [2.45, 2.75) is 13.0 Å². The number of H-pyrrole nitrogens is 2. The first-order chi connectivity index (χ1) is 11.5. The molecular weight excluding hydrogens is 308 g/mol. The van der Waals surface area contributed by atoms with Crippen LogP contribution in [-0.4, -0.2) is 46.3 Å². The van der Waals surface area contributed by atoms with E-state index >= 15 is 0 Å². The van der Waals surface area contributed by atoms with E-state index in [-0.39, 0.29) is 30.1 Å². The van der Waals surface area contributed by atoms with E-state index in [4.69, 9.17) is 10.5 Å². The highest BCUT2D eigenvalue weighted by Crippen LogP contribution is 2.08. The smallest absolute Gasteiger partial charge is 0.270 e. The quantitative estimate of drug-likeness (QED) is 0.757. The number of hydrogen-bond donors (Lipinski definition) is 3. The maximum atomic E-state index is 12.3. The number of likely N-dealkylation sites (N-methyl/N-ethyl adjacent to an activating group) is 1. The van der Waals surface area contributed by atoms with Crippen LogP contribution in [0.4, 0.5) is 0 Å².